The summed E-state index contributed by atoms with van der Waals surface area (Å²) in [6, 6.07) is 10.4. The minimum absolute atomic E-state index is 0.0251. The van der Waals surface area contributed by atoms with E-state index in [0.717, 1.165) is 11.5 Å². The molecule has 0 aliphatic heterocycles. The van der Waals surface area contributed by atoms with Gasteiger partial charge in [0.2, 0.25) is 0 Å². The number of benzene rings is 2. The summed E-state index contributed by atoms with van der Waals surface area (Å²) in [5, 5.41) is 10.5. The molecule has 2 aromatic carbocycles. The molecule has 0 heterocycles. The molecule has 0 unspecified atom stereocenters. The third-order valence-corrected chi connectivity index (χ3v) is 4.36. The number of hydrogen-bond acceptors (Lipinski definition) is 3. The van der Waals surface area contributed by atoms with Crippen molar-refractivity contribution in [2.45, 2.75) is 0 Å². The number of hydrogen-bond donors (Lipinski definition) is 2. The summed E-state index contributed by atoms with van der Waals surface area (Å²) < 4.78 is 26.3. The Balaban J connectivity index is 2.19. The van der Waals surface area contributed by atoms with E-state index in [2.05, 4.69) is 4.72 Å². The second kappa shape index (κ2) is 7.04. The van der Waals surface area contributed by atoms with Crippen molar-refractivity contribution in [3.8, 4) is 0 Å². The largest absolute Gasteiger partial charge is 0.478 e. The first kappa shape index (κ1) is 17.3. The molecule has 0 saturated heterocycles. The molecule has 2 N–H and O–H groups in total. The molecule has 8 heteroatoms. The minimum Gasteiger partial charge on any atom is -0.478 e. The summed E-state index contributed by atoms with van der Waals surface area (Å²) in [4.78, 5) is 11.0. The van der Waals surface area contributed by atoms with Gasteiger partial charge in [-0.1, -0.05) is 35.3 Å². The van der Waals surface area contributed by atoms with Crippen molar-refractivity contribution in [2.75, 3.05) is 4.72 Å². The van der Waals surface area contributed by atoms with E-state index in [0.29, 0.717) is 10.6 Å². The van der Waals surface area contributed by atoms with Gasteiger partial charge in [-0.3, -0.25) is 4.72 Å². The Hall–Kier alpha value is -2.02. The van der Waals surface area contributed by atoms with Crippen LogP contribution >= 0.6 is 23.2 Å². The number of anilines is 1. The highest BCUT2D eigenvalue weighted by molar-refractivity contribution is 7.95. The fraction of sp³-hybridized carbons (Fsp3) is 0. The second-order valence-electron chi connectivity index (χ2n) is 4.50. The van der Waals surface area contributed by atoms with Gasteiger partial charge in [0.05, 0.1) is 16.0 Å². The van der Waals surface area contributed by atoms with Crippen molar-refractivity contribution in [1.29, 1.82) is 0 Å². The zero-order valence-corrected chi connectivity index (χ0v) is 13.9. The number of carboxylic acid groups (broad SMARTS) is 1. The molecule has 5 nitrogen and oxygen atoms in total. The number of carbonyl (C=O) groups is 1. The molecular weight excluding hydrogens is 361 g/mol. The van der Waals surface area contributed by atoms with E-state index in [1.54, 1.807) is 24.3 Å². The number of aromatic carboxylic acids is 1. The lowest BCUT2D eigenvalue weighted by Crippen LogP contribution is -2.09. The van der Waals surface area contributed by atoms with Gasteiger partial charge in [-0.05, 0) is 42.0 Å². The standard InChI is InChI=1S/C15H11Cl2NO4S/c16-11-3-1-10(2-4-11)7-8-23(21,22)18-12-5-6-14(17)13(9-12)15(19)20/h1-9,18H,(H,19,20)/b8-7-. The van der Waals surface area contributed by atoms with Crippen LogP contribution in [0.5, 0.6) is 0 Å². The molecule has 0 aromatic heterocycles. The third kappa shape index (κ3) is 4.99. The minimum atomic E-state index is -3.80. The Labute approximate surface area is 143 Å². The molecule has 0 saturated carbocycles. The molecule has 2 rings (SSSR count). The van der Waals surface area contributed by atoms with E-state index in [1.165, 1.54) is 18.2 Å². The Morgan fingerprint density at radius 2 is 1.74 bits per heavy atom. The number of nitrogens with one attached hydrogen (secondary N) is 1. The zero-order valence-electron chi connectivity index (χ0n) is 11.5. The molecular formula is C15H11Cl2NO4S. The van der Waals surface area contributed by atoms with Crippen LogP contribution in [0.15, 0.2) is 47.9 Å². The van der Waals surface area contributed by atoms with Gasteiger partial charge >= 0.3 is 5.97 Å². The van der Waals surface area contributed by atoms with E-state index >= 15 is 0 Å². The maximum absolute atomic E-state index is 12.0. The van der Waals surface area contributed by atoms with Crippen molar-refractivity contribution in [1.82, 2.24) is 0 Å². The Morgan fingerprint density at radius 3 is 2.35 bits per heavy atom. The topological polar surface area (TPSA) is 83.5 Å². The van der Waals surface area contributed by atoms with Gasteiger partial charge in [0, 0.05) is 10.7 Å². The molecule has 0 aliphatic rings. The average molecular weight is 372 g/mol. The van der Waals surface area contributed by atoms with Crippen molar-refractivity contribution < 1.29 is 18.3 Å². The Bertz CT molecular complexity index is 862. The molecule has 23 heavy (non-hydrogen) atoms. The fourth-order valence-electron chi connectivity index (χ4n) is 1.69. The lowest BCUT2D eigenvalue weighted by Gasteiger charge is -2.06. The summed E-state index contributed by atoms with van der Waals surface area (Å²) in [6.07, 6.45) is 1.40. The molecule has 0 spiro atoms. The van der Waals surface area contributed by atoms with E-state index in [1.807, 2.05) is 0 Å². The number of carboxylic acids is 1. The van der Waals surface area contributed by atoms with Gasteiger partial charge in [-0.15, -0.1) is 0 Å². The van der Waals surface area contributed by atoms with Crippen LogP contribution in [-0.2, 0) is 10.0 Å². The zero-order chi connectivity index (χ0) is 17.0. The van der Waals surface area contributed by atoms with E-state index in [-0.39, 0.29) is 16.3 Å². The van der Waals surface area contributed by atoms with E-state index in [4.69, 9.17) is 28.3 Å². The van der Waals surface area contributed by atoms with Crippen LogP contribution in [0.4, 0.5) is 5.69 Å². The Morgan fingerprint density at radius 1 is 1.09 bits per heavy atom. The molecule has 2 aromatic rings. The maximum Gasteiger partial charge on any atom is 0.337 e. The lowest BCUT2D eigenvalue weighted by atomic mass is 10.2. The smallest absolute Gasteiger partial charge is 0.337 e. The van der Waals surface area contributed by atoms with Crippen LogP contribution in [0.2, 0.25) is 10.0 Å². The van der Waals surface area contributed by atoms with Gasteiger partial charge in [-0.2, -0.15) is 0 Å². The molecule has 120 valence electrons. The SMILES string of the molecule is O=C(O)c1cc(NS(=O)(=O)/C=C\c2ccc(Cl)cc2)ccc1Cl. The Kier molecular flexibility index (Phi) is 5.30. The van der Waals surface area contributed by atoms with Gasteiger partial charge in [-0.25, -0.2) is 13.2 Å². The van der Waals surface area contributed by atoms with Gasteiger partial charge < -0.3 is 5.11 Å². The van der Waals surface area contributed by atoms with E-state index < -0.39 is 16.0 Å². The summed E-state index contributed by atoms with van der Waals surface area (Å²) >= 11 is 11.5. The molecule has 0 bridgehead atoms. The van der Waals surface area contributed by atoms with Crippen molar-refractivity contribution in [3.05, 3.63) is 69.0 Å². The first-order valence-electron chi connectivity index (χ1n) is 6.26. The average Bonchev–Trinajstić information content (AvgIpc) is 2.48. The number of sulfonamides is 1. The molecule has 0 fully saturated rings. The van der Waals surface area contributed by atoms with Gasteiger partial charge in [0.25, 0.3) is 10.0 Å². The van der Waals surface area contributed by atoms with E-state index in [9.17, 15) is 13.2 Å². The fourth-order valence-corrected chi connectivity index (χ4v) is 2.88. The molecule has 0 radical (unpaired) electrons. The van der Waals surface area contributed by atoms with Crippen LogP contribution in [0.3, 0.4) is 0 Å². The summed E-state index contributed by atoms with van der Waals surface area (Å²) in [7, 11) is -3.80. The van der Waals surface area contributed by atoms with Crippen molar-refractivity contribution >= 4 is 51.0 Å². The second-order valence-corrected chi connectivity index (χ2v) is 6.91. The quantitative estimate of drug-likeness (QED) is 0.828. The molecule has 0 amide bonds. The predicted octanol–water partition coefficient (Wildman–Crippen LogP) is 4.10. The van der Waals surface area contributed by atoms with Gasteiger partial charge in [0.1, 0.15) is 0 Å². The van der Waals surface area contributed by atoms with Crippen LogP contribution in [0, 0.1) is 0 Å². The first-order chi connectivity index (χ1) is 10.8. The summed E-state index contributed by atoms with van der Waals surface area (Å²) in [5.41, 5.74) is 0.572. The predicted molar refractivity (Wildman–Crippen MR) is 91.4 cm³/mol. The van der Waals surface area contributed by atoms with Crippen LogP contribution in [-0.4, -0.2) is 19.5 Å². The number of halogens is 2. The summed E-state index contributed by atoms with van der Waals surface area (Å²) in [5.74, 6) is -1.24. The highest BCUT2D eigenvalue weighted by Gasteiger charge is 2.12. The molecule has 0 atom stereocenters. The third-order valence-electron chi connectivity index (χ3n) is 2.77. The number of rotatable bonds is 5. The highest BCUT2D eigenvalue weighted by Crippen LogP contribution is 2.21. The normalized spacial score (nSPS) is 11.6. The van der Waals surface area contributed by atoms with Crippen molar-refractivity contribution in [2.24, 2.45) is 0 Å². The van der Waals surface area contributed by atoms with Crippen LogP contribution in [0.1, 0.15) is 15.9 Å². The summed E-state index contributed by atoms with van der Waals surface area (Å²) in [6.45, 7) is 0. The van der Waals surface area contributed by atoms with Crippen LogP contribution < -0.4 is 4.72 Å². The van der Waals surface area contributed by atoms with Gasteiger partial charge in [0.15, 0.2) is 0 Å². The molecule has 0 aliphatic carbocycles. The maximum atomic E-state index is 12.0. The monoisotopic (exact) mass is 371 g/mol. The lowest BCUT2D eigenvalue weighted by molar-refractivity contribution is 0.0697. The highest BCUT2D eigenvalue weighted by atomic mass is 35.5. The van der Waals surface area contributed by atoms with Crippen LogP contribution in [0.25, 0.3) is 6.08 Å². The van der Waals surface area contributed by atoms with Crippen molar-refractivity contribution in [3.63, 3.8) is 0 Å². The first-order valence-corrected chi connectivity index (χ1v) is 8.56.